The van der Waals surface area contributed by atoms with E-state index in [1.807, 2.05) is 30.3 Å². The van der Waals surface area contributed by atoms with Crippen molar-refractivity contribution in [1.82, 2.24) is 4.98 Å². The molecule has 5 heteroatoms. The second kappa shape index (κ2) is 5.79. The lowest BCUT2D eigenvalue weighted by atomic mass is 10.1. The van der Waals surface area contributed by atoms with Gasteiger partial charge in [-0.1, -0.05) is 30.0 Å². The Kier molecular flexibility index (Phi) is 3.86. The minimum absolute atomic E-state index is 0.337. The SMILES string of the molecule is NCc1cc2ccccc2nc1Sc1ccc(F)c(F)c1. The van der Waals surface area contributed by atoms with Crippen LogP contribution in [0.5, 0.6) is 0 Å². The maximum absolute atomic E-state index is 13.3. The highest BCUT2D eigenvalue weighted by atomic mass is 32.2. The van der Waals surface area contributed by atoms with Crippen molar-refractivity contribution in [1.29, 1.82) is 0 Å². The molecule has 0 radical (unpaired) electrons. The van der Waals surface area contributed by atoms with Gasteiger partial charge in [-0.05, 0) is 35.9 Å². The number of hydrogen-bond donors (Lipinski definition) is 1. The number of nitrogens with two attached hydrogens (primary N) is 1. The van der Waals surface area contributed by atoms with Crippen molar-refractivity contribution in [2.75, 3.05) is 0 Å². The van der Waals surface area contributed by atoms with Crippen LogP contribution in [0.4, 0.5) is 8.78 Å². The minimum Gasteiger partial charge on any atom is -0.326 e. The largest absolute Gasteiger partial charge is 0.326 e. The number of fused-ring (bicyclic) bond motifs is 1. The molecule has 0 fully saturated rings. The molecule has 0 aliphatic heterocycles. The van der Waals surface area contributed by atoms with Crippen LogP contribution in [0.25, 0.3) is 10.9 Å². The summed E-state index contributed by atoms with van der Waals surface area (Å²) < 4.78 is 26.3. The van der Waals surface area contributed by atoms with Gasteiger partial charge in [-0.3, -0.25) is 0 Å². The highest BCUT2D eigenvalue weighted by molar-refractivity contribution is 7.99. The van der Waals surface area contributed by atoms with E-state index in [-0.39, 0.29) is 0 Å². The predicted molar refractivity (Wildman–Crippen MR) is 80.1 cm³/mol. The lowest BCUT2D eigenvalue weighted by Gasteiger charge is -2.09. The molecule has 2 N–H and O–H groups in total. The van der Waals surface area contributed by atoms with Gasteiger partial charge in [-0.25, -0.2) is 13.8 Å². The van der Waals surface area contributed by atoms with Crippen LogP contribution in [-0.4, -0.2) is 4.98 Å². The predicted octanol–water partition coefficient (Wildman–Crippen LogP) is 4.12. The third-order valence-electron chi connectivity index (χ3n) is 3.09. The number of nitrogens with zero attached hydrogens (tertiary/aromatic N) is 1. The van der Waals surface area contributed by atoms with Gasteiger partial charge < -0.3 is 5.73 Å². The number of para-hydroxylation sites is 1. The quantitative estimate of drug-likeness (QED) is 0.791. The molecule has 3 aromatic rings. The maximum atomic E-state index is 13.3. The van der Waals surface area contributed by atoms with E-state index in [4.69, 9.17) is 5.73 Å². The molecule has 2 nitrogen and oxygen atoms in total. The summed E-state index contributed by atoms with van der Waals surface area (Å²) in [5, 5.41) is 1.72. The van der Waals surface area contributed by atoms with Gasteiger partial charge in [-0.2, -0.15) is 0 Å². The maximum Gasteiger partial charge on any atom is 0.159 e. The molecule has 0 saturated carbocycles. The fourth-order valence-corrected chi connectivity index (χ4v) is 2.97. The average Bonchev–Trinajstić information content (AvgIpc) is 2.50. The van der Waals surface area contributed by atoms with Crippen molar-refractivity contribution in [3.63, 3.8) is 0 Å². The van der Waals surface area contributed by atoms with E-state index in [2.05, 4.69) is 4.98 Å². The Bertz CT molecular complexity index is 805. The van der Waals surface area contributed by atoms with E-state index in [0.717, 1.165) is 28.6 Å². The molecular weight excluding hydrogens is 290 g/mol. The lowest BCUT2D eigenvalue weighted by molar-refractivity contribution is 0.506. The molecule has 0 amide bonds. The highest BCUT2D eigenvalue weighted by Gasteiger charge is 2.09. The van der Waals surface area contributed by atoms with Crippen LogP contribution >= 0.6 is 11.8 Å². The summed E-state index contributed by atoms with van der Waals surface area (Å²) >= 11 is 1.28. The third kappa shape index (κ3) is 2.89. The fourth-order valence-electron chi connectivity index (χ4n) is 2.03. The van der Waals surface area contributed by atoms with E-state index < -0.39 is 11.6 Å². The highest BCUT2D eigenvalue weighted by Crippen LogP contribution is 2.31. The summed E-state index contributed by atoms with van der Waals surface area (Å²) in [4.78, 5) is 5.15. The first-order valence-corrected chi connectivity index (χ1v) is 7.20. The first-order chi connectivity index (χ1) is 10.2. The van der Waals surface area contributed by atoms with Gasteiger partial charge in [0.1, 0.15) is 5.03 Å². The molecule has 3 rings (SSSR count). The van der Waals surface area contributed by atoms with Crippen molar-refractivity contribution >= 4 is 22.7 Å². The molecule has 2 aromatic carbocycles. The molecule has 0 saturated heterocycles. The van der Waals surface area contributed by atoms with Crippen LogP contribution in [0, 0.1) is 11.6 Å². The summed E-state index contributed by atoms with van der Waals surface area (Å²) in [5.74, 6) is -1.72. The number of rotatable bonds is 3. The molecule has 0 aliphatic rings. The van der Waals surface area contributed by atoms with Crippen LogP contribution in [0.1, 0.15) is 5.56 Å². The third-order valence-corrected chi connectivity index (χ3v) is 4.13. The van der Waals surface area contributed by atoms with Gasteiger partial charge in [0.05, 0.1) is 5.52 Å². The van der Waals surface area contributed by atoms with Crippen molar-refractivity contribution in [2.24, 2.45) is 5.73 Å². The summed E-state index contributed by atoms with van der Waals surface area (Å²) in [5.41, 5.74) is 7.49. The fraction of sp³-hybridized carbons (Fsp3) is 0.0625. The summed E-state index contributed by atoms with van der Waals surface area (Å²) in [7, 11) is 0. The van der Waals surface area contributed by atoms with Crippen molar-refractivity contribution in [2.45, 2.75) is 16.5 Å². The number of hydrogen-bond acceptors (Lipinski definition) is 3. The zero-order valence-corrected chi connectivity index (χ0v) is 11.8. The topological polar surface area (TPSA) is 38.9 Å². The van der Waals surface area contributed by atoms with E-state index in [1.165, 1.54) is 17.8 Å². The van der Waals surface area contributed by atoms with E-state index in [0.29, 0.717) is 16.5 Å². The molecule has 0 unspecified atom stereocenters. The van der Waals surface area contributed by atoms with Gasteiger partial charge in [0, 0.05) is 16.8 Å². The molecule has 0 atom stereocenters. The minimum atomic E-state index is -0.866. The number of aromatic nitrogens is 1. The Morgan fingerprint density at radius 3 is 2.57 bits per heavy atom. The van der Waals surface area contributed by atoms with Crippen molar-refractivity contribution in [3.8, 4) is 0 Å². The van der Waals surface area contributed by atoms with E-state index in [9.17, 15) is 8.78 Å². The standard InChI is InChI=1S/C16H12F2N2S/c17-13-6-5-12(8-14(13)18)21-16-11(9-19)7-10-3-1-2-4-15(10)20-16/h1-8H,9,19H2. The van der Waals surface area contributed by atoms with Gasteiger partial charge in [-0.15, -0.1) is 0 Å². The smallest absolute Gasteiger partial charge is 0.159 e. The Balaban J connectivity index is 2.04. The molecule has 21 heavy (non-hydrogen) atoms. The van der Waals surface area contributed by atoms with Crippen LogP contribution in [0.15, 0.2) is 58.5 Å². The summed E-state index contributed by atoms with van der Waals surface area (Å²) in [6.07, 6.45) is 0. The molecule has 1 heterocycles. The van der Waals surface area contributed by atoms with Crippen molar-refractivity contribution < 1.29 is 8.78 Å². The first-order valence-electron chi connectivity index (χ1n) is 6.39. The summed E-state index contributed by atoms with van der Waals surface area (Å²) in [6.45, 7) is 0.337. The number of halogens is 2. The monoisotopic (exact) mass is 302 g/mol. The number of pyridine rings is 1. The van der Waals surface area contributed by atoms with Crippen LogP contribution in [0.3, 0.4) is 0 Å². The normalized spacial score (nSPS) is 11.0. The molecule has 0 bridgehead atoms. The van der Waals surface area contributed by atoms with Crippen LogP contribution < -0.4 is 5.73 Å². The summed E-state index contributed by atoms with van der Waals surface area (Å²) in [6, 6.07) is 13.5. The Morgan fingerprint density at radius 1 is 1.00 bits per heavy atom. The van der Waals surface area contributed by atoms with Crippen LogP contribution in [-0.2, 0) is 6.54 Å². The number of benzene rings is 2. The second-order valence-electron chi connectivity index (χ2n) is 4.53. The van der Waals surface area contributed by atoms with Crippen LogP contribution in [0.2, 0.25) is 0 Å². The lowest BCUT2D eigenvalue weighted by Crippen LogP contribution is -2.00. The Labute approximate surface area is 125 Å². The Morgan fingerprint density at radius 2 is 1.81 bits per heavy atom. The van der Waals surface area contributed by atoms with Gasteiger partial charge >= 0.3 is 0 Å². The van der Waals surface area contributed by atoms with E-state index >= 15 is 0 Å². The molecule has 0 spiro atoms. The van der Waals surface area contributed by atoms with Gasteiger partial charge in [0.2, 0.25) is 0 Å². The van der Waals surface area contributed by atoms with Gasteiger partial charge in [0.15, 0.2) is 11.6 Å². The first kappa shape index (κ1) is 14.0. The zero-order valence-electron chi connectivity index (χ0n) is 11.0. The van der Waals surface area contributed by atoms with Gasteiger partial charge in [0.25, 0.3) is 0 Å². The molecular formula is C16H12F2N2S. The second-order valence-corrected chi connectivity index (χ2v) is 5.59. The van der Waals surface area contributed by atoms with E-state index in [1.54, 1.807) is 0 Å². The van der Waals surface area contributed by atoms with Crippen molar-refractivity contribution in [3.05, 3.63) is 65.7 Å². The molecule has 106 valence electrons. The Hall–Kier alpha value is -1.98. The molecule has 1 aromatic heterocycles. The zero-order chi connectivity index (χ0) is 14.8. The molecule has 0 aliphatic carbocycles. The average molecular weight is 302 g/mol.